The number of hydrogen-bond acceptors (Lipinski definition) is 3. The van der Waals surface area contributed by atoms with Crippen LogP contribution in [0.2, 0.25) is 0 Å². The quantitative estimate of drug-likeness (QED) is 0.236. The fraction of sp³-hybridized carbons (Fsp3) is 0.143. The van der Waals surface area contributed by atoms with Crippen LogP contribution < -0.4 is 5.48 Å². The minimum absolute atomic E-state index is 0.565. The van der Waals surface area contributed by atoms with Crippen molar-refractivity contribution >= 4 is 28.6 Å². The number of fused-ring (bicyclic) bond motifs is 1. The van der Waals surface area contributed by atoms with Gasteiger partial charge >= 0.3 is 0 Å². The second-order valence-corrected chi connectivity index (χ2v) is 6.28. The lowest BCUT2D eigenvalue weighted by Crippen LogP contribution is -2.14. The molecule has 132 valence electrons. The third-order valence-corrected chi connectivity index (χ3v) is 4.35. The first-order chi connectivity index (χ1) is 12.6. The van der Waals surface area contributed by atoms with Crippen LogP contribution in [0.25, 0.3) is 17.0 Å². The lowest BCUT2D eigenvalue weighted by atomic mass is 9.99. The van der Waals surface area contributed by atoms with E-state index in [1.807, 2.05) is 43.3 Å². The van der Waals surface area contributed by atoms with Crippen molar-refractivity contribution in [1.29, 1.82) is 5.41 Å². The monoisotopic (exact) mass is 347 g/mol. The highest BCUT2D eigenvalue weighted by Crippen LogP contribution is 2.23. The Morgan fingerprint density at radius 2 is 1.88 bits per heavy atom. The Bertz CT molecular complexity index is 969. The summed E-state index contributed by atoms with van der Waals surface area (Å²) in [6, 6.07) is 15.9. The summed E-state index contributed by atoms with van der Waals surface area (Å²) in [6.45, 7) is 2.05. The van der Waals surface area contributed by atoms with Crippen LogP contribution in [0.4, 0.5) is 0 Å². The number of H-pyrrole nitrogens is 1. The van der Waals surface area contributed by atoms with Gasteiger partial charge in [-0.05, 0) is 35.8 Å². The molecule has 1 aromatic heterocycles. The van der Waals surface area contributed by atoms with E-state index in [0.29, 0.717) is 18.6 Å². The van der Waals surface area contributed by atoms with Crippen molar-refractivity contribution in [3.8, 4) is 0 Å². The number of rotatable bonds is 6. The second kappa shape index (κ2) is 7.80. The Morgan fingerprint density at radius 1 is 1.15 bits per heavy atom. The zero-order chi connectivity index (χ0) is 18.5. The second-order valence-electron chi connectivity index (χ2n) is 6.28. The molecule has 3 aromatic rings. The molecule has 5 heteroatoms. The summed E-state index contributed by atoms with van der Waals surface area (Å²) in [5.74, 6) is -0.565. The molecule has 0 fully saturated rings. The van der Waals surface area contributed by atoms with Gasteiger partial charge in [0.1, 0.15) is 0 Å². The lowest BCUT2D eigenvalue weighted by molar-refractivity contribution is -0.124. The fourth-order valence-corrected chi connectivity index (χ4v) is 3.04. The normalized spacial score (nSPS) is 11.2. The number of para-hydroxylation sites is 1. The molecule has 1 amide bonds. The van der Waals surface area contributed by atoms with Crippen molar-refractivity contribution in [2.75, 3.05) is 0 Å². The van der Waals surface area contributed by atoms with Gasteiger partial charge in [0.2, 0.25) is 0 Å². The molecule has 0 aliphatic carbocycles. The summed E-state index contributed by atoms with van der Waals surface area (Å²) in [6.07, 6.45) is 4.08. The average Bonchev–Trinajstić information content (AvgIpc) is 2.96. The van der Waals surface area contributed by atoms with Gasteiger partial charge in [-0.2, -0.15) is 0 Å². The molecule has 0 saturated heterocycles. The molecule has 0 radical (unpaired) electrons. The van der Waals surface area contributed by atoms with Crippen LogP contribution in [0.3, 0.4) is 0 Å². The number of carbonyl (C=O) groups is 1. The number of nitrogens with one attached hydrogen (secondary N) is 3. The number of carbonyl (C=O) groups excluding carboxylic acids is 1. The first-order valence-corrected chi connectivity index (χ1v) is 8.40. The van der Waals surface area contributed by atoms with Gasteiger partial charge in [-0.1, -0.05) is 42.5 Å². The summed E-state index contributed by atoms with van der Waals surface area (Å²) < 4.78 is 0. The molecule has 26 heavy (non-hydrogen) atoms. The molecule has 0 aliphatic heterocycles. The number of benzene rings is 2. The maximum Gasteiger partial charge on any atom is 0.267 e. The minimum atomic E-state index is -0.565. The summed E-state index contributed by atoms with van der Waals surface area (Å²) in [5, 5.41) is 18.0. The lowest BCUT2D eigenvalue weighted by Gasteiger charge is -2.06. The molecule has 0 unspecified atom stereocenters. The molecule has 0 atom stereocenters. The van der Waals surface area contributed by atoms with E-state index in [9.17, 15) is 4.79 Å². The van der Waals surface area contributed by atoms with Crippen LogP contribution in [-0.2, 0) is 17.6 Å². The third-order valence-electron chi connectivity index (χ3n) is 4.35. The molecule has 5 nitrogen and oxygen atoms in total. The van der Waals surface area contributed by atoms with Gasteiger partial charge in [-0.15, -0.1) is 0 Å². The van der Waals surface area contributed by atoms with Gasteiger partial charge in [0.05, 0.1) is 0 Å². The molecule has 0 bridgehead atoms. The van der Waals surface area contributed by atoms with Gasteiger partial charge in [-0.3, -0.25) is 10.0 Å². The van der Waals surface area contributed by atoms with Gasteiger partial charge in [0.15, 0.2) is 0 Å². The van der Waals surface area contributed by atoms with E-state index >= 15 is 0 Å². The van der Waals surface area contributed by atoms with E-state index in [1.54, 1.807) is 11.6 Å². The maximum absolute atomic E-state index is 11.0. The van der Waals surface area contributed by atoms with Crippen molar-refractivity contribution in [1.82, 2.24) is 10.5 Å². The number of aromatic amines is 1. The van der Waals surface area contributed by atoms with Crippen LogP contribution in [0, 0.1) is 12.3 Å². The number of hydroxylamine groups is 1. The van der Waals surface area contributed by atoms with Gasteiger partial charge in [-0.25, -0.2) is 5.48 Å². The summed E-state index contributed by atoms with van der Waals surface area (Å²) in [4.78, 5) is 14.4. The fourth-order valence-electron chi connectivity index (χ4n) is 3.04. The van der Waals surface area contributed by atoms with Crippen molar-refractivity contribution in [3.05, 3.63) is 77.0 Å². The molecular weight excluding hydrogens is 326 g/mol. The van der Waals surface area contributed by atoms with Crippen molar-refractivity contribution in [2.24, 2.45) is 0 Å². The first-order valence-electron chi connectivity index (χ1n) is 8.40. The van der Waals surface area contributed by atoms with Gasteiger partial charge < -0.3 is 10.4 Å². The van der Waals surface area contributed by atoms with Crippen molar-refractivity contribution in [3.63, 3.8) is 0 Å². The maximum atomic E-state index is 11.0. The van der Waals surface area contributed by atoms with Crippen LogP contribution in [0.5, 0.6) is 0 Å². The van der Waals surface area contributed by atoms with Gasteiger partial charge in [0.25, 0.3) is 5.91 Å². The summed E-state index contributed by atoms with van der Waals surface area (Å²) in [5.41, 5.74) is 7.52. The Kier molecular flexibility index (Phi) is 5.29. The Labute approximate surface area is 151 Å². The predicted molar refractivity (Wildman–Crippen MR) is 104 cm³/mol. The highest BCUT2D eigenvalue weighted by molar-refractivity contribution is 5.93. The minimum Gasteiger partial charge on any atom is -0.358 e. The molecule has 2 aromatic carbocycles. The zero-order valence-corrected chi connectivity index (χ0v) is 14.5. The van der Waals surface area contributed by atoms with E-state index in [2.05, 4.69) is 17.1 Å². The molecule has 1 heterocycles. The SMILES string of the molecule is Cc1[nH]c2ccccc2c1CC(=N)Cc1ccc(/C=C/C(=O)NO)cc1. The predicted octanol–water partition coefficient (Wildman–Crippen LogP) is 3.80. The molecule has 4 N–H and O–H groups in total. The first kappa shape index (κ1) is 17.6. The third kappa shape index (κ3) is 4.07. The van der Waals surface area contributed by atoms with E-state index in [0.717, 1.165) is 22.3 Å². The van der Waals surface area contributed by atoms with Crippen molar-refractivity contribution in [2.45, 2.75) is 19.8 Å². The van der Waals surface area contributed by atoms with Crippen LogP contribution >= 0.6 is 0 Å². The van der Waals surface area contributed by atoms with Crippen LogP contribution in [-0.4, -0.2) is 21.8 Å². The Balaban J connectivity index is 1.67. The molecule has 0 aliphatic rings. The molecule has 3 rings (SSSR count). The standard InChI is InChI=1S/C21H21N3O2/c1-14-19(18-4-2-3-5-20(18)23-14)13-17(22)12-16-8-6-15(7-9-16)10-11-21(25)24-26/h2-11,22-23,26H,12-13H2,1H3,(H,24,25)/b11-10+,22-17?. The Morgan fingerprint density at radius 3 is 2.62 bits per heavy atom. The van der Waals surface area contributed by atoms with E-state index < -0.39 is 5.91 Å². The van der Waals surface area contributed by atoms with E-state index in [4.69, 9.17) is 10.6 Å². The molecular formula is C21H21N3O2. The highest BCUT2D eigenvalue weighted by Gasteiger charge is 2.10. The molecule has 0 spiro atoms. The Hall–Kier alpha value is -3.18. The van der Waals surface area contributed by atoms with Crippen LogP contribution in [0.1, 0.15) is 22.4 Å². The average molecular weight is 347 g/mol. The topological polar surface area (TPSA) is 89.0 Å². The van der Waals surface area contributed by atoms with E-state index in [1.165, 1.54) is 17.0 Å². The van der Waals surface area contributed by atoms with Gasteiger partial charge in [0, 0.05) is 41.2 Å². The number of amides is 1. The largest absolute Gasteiger partial charge is 0.358 e. The van der Waals surface area contributed by atoms with Crippen molar-refractivity contribution < 1.29 is 10.0 Å². The summed E-state index contributed by atoms with van der Waals surface area (Å²) in [7, 11) is 0. The summed E-state index contributed by atoms with van der Waals surface area (Å²) >= 11 is 0. The van der Waals surface area contributed by atoms with Crippen LogP contribution in [0.15, 0.2) is 54.6 Å². The number of aromatic nitrogens is 1. The zero-order valence-electron chi connectivity index (χ0n) is 14.5. The number of hydrogen-bond donors (Lipinski definition) is 4. The smallest absolute Gasteiger partial charge is 0.267 e. The van der Waals surface area contributed by atoms with E-state index in [-0.39, 0.29) is 0 Å². The molecule has 0 saturated carbocycles. The highest BCUT2D eigenvalue weighted by atomic mass is 16.5. The number of aryl methyl sites for hydroxylation is 1.